The Bertz CT molecular complexity index is 2820. The molecule has 4 aliphatic carbocycles. The minimum atomic E-state index is -4.07. The highest BCUT2D eigenvalue weighted by Gasteiger charge is 2.66. The second kappa shape index (κ2) is 18.6. The smallest absolute Gasteiger partial charge is 0.303 e. The Morgan fingerprint density at radius 2 is 1.64 bits per heavy atom. The molecule has 5 aromatic rings. The van der Waals surface area contributed by atoms with Gasteiger partial charge in [0, 0.05) is 54.0 Å². The highest BCUT2D eigenvalue weighted by Crippen LogP contribution is 2.72. The van der Waals surface area contributed by atoms with Gasteiger partial charge in [-0.15, -0.1) is 10.2 Å². The number of pyridine rings is 1. The topological polar surface area (TPSA) is 198 Å². The average molecular weight is 979 g/mol. The number of unbranched alkanes of at least 4 members (excludes halogenated alkanes) is 3. The first kappa shape index (κ1) is 47.6. The maximum Gasteiger partial charge on any atom is 0.303 e. The molecule has 1 saturated heterocycles. The van der Waals surface area contributed by atoms with Gasteiger partial charge in [-0.25, -0.2) is 23.1 Å². The largest absolute Gasteiger partial charge is 0.481 e. The molecule has 5 fully saturated rings. The van der Waals surface area contributed by atoms with Crippen LogP contribution in [0.1, 0.15) is 131 Å². The zero-order chi connectivity index (χ0) is 48.2. The van der Waals surface area contributed by atoms with Crippen LogP contribution in [-0.2, 0) is 32.5 Å². The van der Waals surface area contributed by atoms with E-state index in [4.69, 9.17) is 30.0 Å². The summed E-state index contributed by atoms with van der Waals surface area (Å²) in [5.74, 6) is -0.267. The number of nitrogens with zero attached hydrogens (tertiary/aromatic N) is 8. The molecule has 69 heavy (non-hydrogen) atoms. The summed E-state index contributed by atoms with van der Waals surface area (Å²) in [6.07, 6.45) is 14.4. The number of carboxylic acid groups (broad SMARTS) is 1. The predicted octanol–water partition coefficient (Wildman–Crippen LogP) is 9.12. The zero-order valence-corrected chi connectivity index (χ0v) is 42.1. The van der Waals surface area contributed by atoms with Crippen molar-refractivity contribution in [2.45, 2.75) is 136 Å². The summed E-state index contributed by atoms with van der Waals surface area (Å²) in [7, 11) is -4.07. The summed E-state index contributed by atoms with van der Waals surface area (Å²) in [5, 5.41) is 27.5. The monoisotopic (exact) mass is 978 g/mol. The van der Waals surface area contributed by atoms with Gasteiger partial charge in [-0.3, -0.25) is 14.3 Å². The molecule has 11 rings (SSSR count). The van der Waals surface area contributed by atoms with Crippen LogP contribution >= 0.6 is 11.3 Å². The van der Waals surface area contributed by atoms with E-state index in [1.54, 1.807) is 17.5 Å². The van der Waals surface area contributed by atoms with Crippen molar-refractivity contribution in [1.82, 2.24) is 39.6 Å². The Kier molecular flexibility index (Phi) is 12.8. The molecule has 16 nitrogen and oxygen atoms in total. The fourth-order valence-corrected chi connectivity index (χ4v) is 15.8. The molecule has 18 heteroatoms. The molecule has 4 aromatic heterocycles. The standard InChI is InChI=1S/C51H66N10O6S2/c1-34-36-14-13-22-60(45(36)57-56-44(34)55-47-53-39-15-8-9-16-40(39)68-47)41-19-18-37(43(54-41)46(64)58-69(65,66)25-12-6-5-7-17-42(62)63)38-26-52-61(35(38)2)33-50-28-48(3)27-49(4,29-50)31-51(30-48,32-50)67-24-23-59-20-10-11-21-59/h8-9,15-16,18-19,26H,5-7,10-14,17,20-25,27-33H2,1-4H3,(H,58,64)(H,62,63)(H,53,55,56). The van der Waals surface area contributed by atoms with E-state index in [0.29, 0.717) is 54.4 Å². The van der Waals surface area contributed by atoms with Gasteiger partial charge >= 0.3 is 5.97 Å². The molecule has 3 N–H and O–H groups in total. The lowest BCUT2D eigenvalue weighted by Gasteiger charge is -2.69. The Labute approximate surface area is 409 Å². The number of carboxylic acids is 1. The molecular weight excluding hydrogens is 913 g/mol. The van der Waals surface area contributed by atoms with Gasteiger partial charge in [-0.05, 0) is 144 Å². The summed E-state index contributed by atoms with van der Waals surface area (Å²) in [4.78, 5) is 39.7. The third-order valence-electron chi connectivity index (χ3n) is 15.6. The SMILES string of the molecule is Cc1c(Nc2nc3ccccc3s2)nnc2c1CCCN2c1ccc(-c2cnn(CC34CC5(C)CC(C)(C3)CC(OCCN3CCCC3)(C5)C4)c2C)c(C(=O)NS(=O)(=O)CCCCCCC(=O)O)n1. The summed E-state index contributed by atoms with van der Waals surface area (Å²) in [6.45, 7) is 14.4. The summed E-state index contributed by atoms with van der Waals surface area (Å²) < 4.78 is 39.6. The normalized spacial score (nSPS) is 25.4. The summed E-state index contributed by atoms with van der Waals surface area (Å²) >= 11 is 1.55. The Hall–Kier alpha value is -5.04. The number of hydrogen-bond donors (Lipinski definition) is 3. The number of aliphatic carboxylic acids is 1. The molecule has 0 radical (unpaired) electrons. The molecule has 1 aromatic carbocycles. The molecule has 4 saturated carbocycles. The van der Waals surface area contributed by atoms with Crippen LogP contribution in [0.2, 0.25) is 0 Å². The van der Waals surface area contributed by atoms with E-state index in [9.17, 15) is 18.0 Å². The lowest BCUT2D eigenvalue weighted by atomic mass is 9.39. The van der Waals surface area contributed by atoms with Gasteiger partial charge < -0.3 is 25.0 Å². The van der Waals surface area contributed by atoms with Crippen molar-refractivity contribution >= 4 is 66.0 Å². The number of rotatable bonds is 19. The van der Waals surface area contributed by atoms with E-state index >= 15 is 0 Å². The number of sulfonamides is 1. The van der Waals surface area contributed by atoms with Gasteiger partial charge in [0.25, 0.3) is 5.91 Å². The van der Waals surface area contributed by atoms with Gasteiger partial charge in [0.2, 0.25) is 10.0 Å². The molecular formula is C51H66N10O6S2. The number of ether oxygens (including phenoxy) is 1. The molecule has 368 valence electrons. The van der Waals surface area contributed by atoms with Crippen molar-refractivity contribution in [3.05, 3.63) is 65.1 Å². The quantitative estimate of drug-likeness (QED) is 0.0662. The van der Waals surface area contributed by atoms with Gasteiger partial charge in [-0.2, -0.15) is 5.10 Å². The third-order valence-corrected chi connectivity index (χ3v) is 17.9. The second-order valence-corrected chi connectivity index (χ2v) is 24.7. The van der Waals surface area contributed by atoms with Gasteiger partial charge in [0.05, 0.1) is 34.4 Å². The number of para-hydroxylation sites is 1. The first-order valence-corrected chi connectivity index (χ1v) is 27.4. The van der Waals surface area contributed by atoms with Crippen LogP contribution in [-0.4, -0.2) is 104 Å². The molecule has 2 unspecified atom stereocenters. The maximum absolute atomic E-state index is 14.5. The number of hydrogen-bond acceptors (Lipinski definition) is 14. The number of amides is 1. The molecule has 6 aliphatic rings. The van der Waals surface area contributed by atoms with Crippen molar-refractivity contribution in [3.63, 3.8) is 0 Å². The first-order chi connectivity index (χ1) is 33.0. The highest BCUT2D eigenvalue weighted by atomic mass is 32.2. The van der Waals surface area contributed by atoms with Crippen LogP contribution in [0.4, 0.5) is 22.6 Å². The van der Waals surface area contributed by atoms with Crippen molar-refractivity contribution in [1.29, 1.82) is 0 Å². The molecule has 1 amide bonds. The number of anilines is 4. The number of carbonyl (C=O) groups is 2. The zero-order valence-electron chi connectivity index (χ0n) is 40.5. The molecule has 4 bridgehead atoms. The second-order valence-electron chi connectivity index (χ2n) is 21.8. The van der Waals surface area contributed by atoms with Crippen molar-refractivity contribution in [2.75, 3.05) is 48.8 Å². The minimum Gasteiger partial charge on any atom is -0.481 e. The average Bonchev–Trinajstić information content (AvgIpc) is 4.04. The number of aromatic nitrogens is 6. The number of nitrogens with one attached hydrogen (secondary N) is 2. The Morgan fingerprint density at radius 3 is 2.41 bits per heavy atom. The molecule has 0 spiro atoms. The van der Waals surface area contributed by atoms with E-state index in [-0.39, 0.29) is 46.1 Å². The Morgan fingerprint density at radius 1 is 0.870 bits per heavy atom. The predicted molar refractivity (Wildman–Crippen MR) is 268 cm³/mol. The van der Waals surface area contributed by atoms with E-state index in [0.717, 1.165) is 110 Å². The van der Waals surface area contributed by atoms with Crippen molar-refractivity contribution in [3.8, 4) is 11.1 Å². The van der Waals surface area contributed by atoms with E-state index in [1.165, 1.54) is 19.3 Å². The van der Waals surface area contributed by atoms with Gasteiger partial charge in [0.1, 0.15) is 11.5 Å². The van der Waals surface area contributed by atoms with Crippen LogP contribution in [0.5, 0.6) is 0 Å². The fourth-order valence-electron chi connectivity index (χ4n) is 13.8. The van der Waals surface area contributed by atoms with Crippen LogP contribution < -0.4 is 14.9 Å². The maximum atomic E-state index is 14.5. The Balaban J connectivity index is 0.936. The number of fused-ring (bicyclic) bond motifs is 2. The van der Waals surface area contributed by atoms with Gasteiger partial charge in [0.15, 0.2) is 16.8 Å². The summed E-state index contributed by atoms with van der Waals surface area (Å²) in [6, 6.07) is 11.7. The van der Waals surface area contributed by atoms with Crippen LogP contribution in [0.25, 0.3) is 21.3 Å². The highest BCUT2D eigenvalue weighted by molar-refractivity contribution is 7.90. The lowest BCUT2D eigenvalue weighted by Crippen LogP contribution is -2.64. The van der Waals surface area contributed by atoms with Crippen molar-refractivity contribution < 1.29 is 27.9 Å². The van der Waals surface area contributed by atoms with Crippen LogP contribution in [0.15, 0.2) is 42.6 Å². The third kappa shape index (κ3) is 10.00. The molecule has 2 aliphatic heterocycles. The number of likely N-dealkylation sites (tertiary alicyclic amines) is 1. The van der Waals surface area contributed by atoms with E-state index in [2.05, 4.69) is 38.6 Å². The van der Waals surface area contributed by atoms with Crippen LogP contribution in [0.3, 0.4) is 0 Å². The lowest BCUT2D eigenvalue weighted by molar-refractivity contribution is -0.248. The summed E-state index contributed by atoms with van der Waals surface area (Å²) in [5.41, 5.74) is 5.13. The minimum absolute atomic E-state index is 0.00540. The van der Waals surface area contributed by atoms with Crippen molar-refractivity contribution in [2.24, 2.45) is 16.2 Å². The molecule has 6 heterocycles. The van der Waals surface area contributed by atoms with E-state index < -0.39 is 21.9 Å². The van der Waals surface area contributed by atoms with E-state index in [1.807, 2.05) is 55.1 Å². The fraction of sp³-hybridized carbons (Fsp3) is 0.588. The number of benzene rings is 1. The van der Waals surface area contributed by atoms with Gasteiger partial charge in [-0.1, -0.05) is 50.2 Å². The first-order valence-electron chi connectivity index (χ1n) is 24.9. The number of thiazole rings is 1. The number of carbonyl (C=O) groups excluding carboxylic acids is 1. The van der Waals surface area contributed by atoms with Crippen LogP contribution in [0, 0.1) is 30.1 Å². The molecule has 2 atom stereocenters.